The topological polar surface area (TPSA) is 69.7 Å². The summed E-state index contributed by atoms with van der Waals surface area (Å²) in [6, 6.07) is 7.56. The van der Waals surface area contributed by atoms with Crippen LogP contribution in [-0.2, 0) is 9.59 Å². The number of nitrogens with zero attached hydrogens (tertiary/aromatic N) is 2. The fraction of sp³-hybridized carbons (Fsp3) is 0.450. The highest BCUT2D eigenvalue weighted by Gasteiger charge is 2.34. The second kappa shape index (κ2) is 9.58. The minimum absolute atomic E-state index is 0.0765. The number of rotatable bonds is 6. The zero-order valence-corrected chi connectivity index (χ0v) is 17.4. The lowest BCUT2D eigenvalue weighted by molar-refractivity contribution is -0.125. The van der Waals surface area contributed by atoms with E-state index >= 15 is 0 Å². The molecule has 0 spiro atoms. The van der Waals surface area contributed by atoms with E-state index < -0.39 is 0 Å². The number of benzene rings is 1. The molecule has 6 nitrogen and oxygen atoms in total. The van der Waals surface area contributed by atoms with E-state index in [2.05, 4.69) is 17.1 Å². The summed E-state index contributed by atoms with van der Waals surface area (Å²) in [4.78, 5) is 40.5. The SMILES string of the molecule is C[C@H]1CCCCN1CC(=O)NCCN1C(=O)S/C(=C\c2ccccc2Cl)C1=O. The quantitative estimate of drug-likeness (QED) is 0.713. The average Bonchev–Trinajstić information content (AvgIpc) is 2.93. The van der Waals surface area contributed by atoms with E-state index in [1.165, 1.54) is 6.42 Å². The molecule has 1 aromatic carbocycles. The lowest BCUT2D eigenvalue weighted by atomic mass is 10.0. The number of halogens is 1. The van der Waals surface area contributed by atoms with Crippen LogP contribution in [0.1, 0.15) is 31.7 Å². The van der Waals surface area contributed by atoms with Crippen LogP contribution >= 0.6 is 23.4 Å². The molecule has 3 amide bonds. The van der Waals surface area contributed by atoms with Crippen LogP contribution in [0.4, 0.5) is 4.79 Å². The number of likely N-dealkylation sites (tertiary alicyclic amines) is 1. The van der Waals surface area contributed by atoms with Gasteiger partial charge in [0.1, 0.15) is 0 Å². The number of thioether (sulfide) groups is 1. The van der Waals surface area contributed by atoms with Gasteiger partial charge in [0.15, 0.2) is 0 Å². The first kappa shape index (κ1) is 20.9. The molecule has 1 N–H and O–H groups in total. The summed E-state index contributed by atoms with van der Waals surface area (Å²) in [5, 5.41) is 3.01. The standard InChI is InChI=1S/C20H24ClN3O3S/c1-14-6-4-5-10-23(14)13-18(25)22-9-11-24-19(26)17(28-20(24)27)12-15-7-2-3-8-16(15)21/h2-3,7-8,12,14H,4-6,9-11,13H2,1H3,(H,22,25)/b17-12-/t14-/m0/s1. The third-order valence-corrected chi connectivity index (χ3v) is 6.26. The summed E-state index contributed by atoms with van der Waals surface area (Å²) in [5.74, 6) is -0.429. The molecule has 0 radical (unpaired) electrons. The van der Waals surface area contributed by atoms with Crippen molar-refractivity contribution in [2.45, 2.75) is 32.2 Å². The Morgan fingerprint density at radius 1 is 1.32 bits per heavy atom. The maximum absolute atomic E-state index is 12.5. The summed E-state index contributed by atoms with van der Waals surface area (Å²) in [5.41, 5.74) is 0.693. The minimum atomic E-state index is -0.353. The first-order valence-electron chi connectivity index (χ1n) is 9.46. The molecule has 1 aromatic rings. The Bertz CT molecular complexity index is 799. The van der Waals surface area contributed by atoms with Crippen molar-refractivity contribution in [2.75, 3.05) is 26.2 Å². The van der Waals surface area contributed by atoms with Gasteiger partial charge in [0.25, 0.3) is 11.1 Å². The van der Waals surface area contributed by atoms with Crippen molar-refractivity contribution in [3.8, 4) is 0 Å². The third kappa shape index (κ3) is 5.16. The van der Waals surface area contributed by atoms with Crippen molar-refractivity contribution in [3.05, 3.63) is 39.8 Å². The van der Waals surface area contributed by atoms with Crippen molar-refractivity contribution >= 4 is 46.5 Å². The molecule has 8 heteroatoms. The summed E-state index contributed by atoms with van der Waals surface area (Å²) in [6.45, 7) is 3.84. The molecule has 0 saturated carbocycles. The van der Waals surface area contributed by atoms with E-state index in [-0.39, 0.29) is 30.1 Å². The number of carbonyl (C=O) groups excluding carboxylic acids is 3. The van der Waals surface area contributed by atoms with Crippen LogP contribution < -0.4 is 5.32 Å². The lowest BCUT2D eigenvalue weighted by Crippen LogP contribution is -2.45. The van der Waals surface area contributed by atoms with Gasteiger partial charge >= 0.3 is 0 Å². The summed E-state index contributed by atoms with van der Waals surface area (Å²) in [6.07, 6.45) is 5.07. The van der Waals surface area contributed by atoms with Gasteiger partial charge in [0.05, 0.1) is 11.4 Å². The van der Waals surface area contributed by atoms with Crippen molar-refractivity contribution in [3.63, 3.8) is 0 Å². The summed E-state index contributed by atoms with van der Waals surface area (Å²) in [7, 11) is 0. The predicted molar refractivity (Wildman–Crippen MR) is 112 cm³/mol. The van der Waals surface area contributed by atoms with Gasteiger partial charge in [0, 0.05) is 24.2 Å². The van der Waals surface area contributed by atoms with E-state index in [9.17, 15) is 14.4 Å². The van der Waals surface area contributed by atoms with Crippen molar-refractivity contribution < 1.29 is 14.4 Å². The number of hydrogen-bond acceptors (Lipinski definition) is 5. The molecule has 0 bridgehead atoms. The highest BCUT2D eigenvalue weighted by atomic mass is 35.5. The minimum Gasteiger partial charge on any atom is -0.353 e. The van der Waals surface area contributed by atoms with Gasteiger partial charge in [-0.15, -0.1) is 0 Å². The second-order valence-corrected chi connectivity index (χ2v) is 8.42. The average molecular weight is 422 g/mol. The maximum atomic E-state index is 12.5. The van der Waals surface area contributed by atoms with Crippen LogP contribution in [0.25, 0.3) is 6.08 Å². The van der Waals surface area contributed by atoms with Gasteiger partial charge in [-0.3, -0.25) is 24.2 Å². The van der Waals surface area contributed by atoms with E-state index in [1.54, 1.807) is 24.3 Å². The molecule has 28 heavy (non-hydrogen) atoms. The molecular formula is C20H24ClN3O3S. The highest BCUT2D eigenvalue weighted by molar-refractivity contribution is 8.18. The normalized spacial score (nSPS) is 22.1. The van der Waals surface area contributed by atoms with Crippen molar-refractivity contribution in [2.24, 2.45) is 0 Å². The summed E-state index contributed by atoms with van der Waals surface area (Å²) >= 11 is 7.01. The van der Waals surface area contributed by atoms with Crippen LogP contribution in [0.2, 0.25) is 5.02 Å². The monoisotopic (exact) mass is 421 g/mol. The summed E-state index contributed by atoms with van der Waals surface area (Å²) < 4.78 is 0. The smallest absolute Gasteiger partial charge is 0.293 e. The number of imide groups is 1. The maximum Gasteiger partial charge on any atom is 0.293 e. The molecule has 1 atom stereocenters. The van der Waals surface area contributed by atoms with Gasteiger partial charge in [-0.25, -0.2) is 0 Å². The largest absolute Gasteiger partial charge is 0.353 e. The number of hydrogen-bond donors (Lipinski definition) is 1. The van der Waals surface area contributed by atoms with Crippen LogP contribution in [0.3, 0.4) is 0 Å². The van der Waals surface area contributed by atoms with E-state index in [0.29, 0.717) is 28.1 Å². The zero-order chi connectivity index (χ0) is 20.1. The predicted octanol–water partition coefficient (Wildman–Crippen LogP) is 3.37. The number of carbonyl (C=O) groups is 3. The van der Waals surface area contributed by atoms with Crippen LogP contribution in [0.15, 0.2) is 29.2 Å². The molecule has 2 fully saturated rings. The second-order valence-electron chi connectivity index (χ2n) is 7.02. The van der Waals surface area contributed by atoms with Gasteiger partial charge < -0.3 is 5.32 Å². The fourth-order valence-electron chi connectivity index (χ4n) is 3.37. The molecule has 3 rings (SSSR count). The Kier molecular flexibility index (Phi) is 7.15. The Balaban J connectivity index is 1.51. The molecule has 150 valence electrons. The van der Waals surface area contributed by atoms with Gasteiger partial charge in [0.2, 0.25) is 5.91 Å². The van der Waals surface area contributed by atoms with E-state index in [4.69, 9.17) is 11.6 Å². The first-order chi connectivity index (χ1) is 13.5. The zero-order valence-electron chi connectivity index (χ0n) is 15.8. The van der Waals surface area contributed by atoms with Gasteiger partial charge in [-0.2, -0.15) is 0 Å². The Morgan fingerprint density at radius 3 is 2.86 bits per heavy atom. The molecular weight excluding hydrogens is 398 g/mol. The molecule has 2 aliphatic rings. The Labute approximate surface area is 174 Å². The Morgan fingerprint density at radius 2 is 2.11 bits per heavy atom. The van der Waals surface area contributed by atoms with Crippen LogP contribution in [0.5, 0.6) is 0 Å². The van der Waals surface area contributed by atoms with Crippen molar-refractivity contribution in [1.82, 2.24) is 15.1 Å². The number of piperidine rings is 1. The molecule has 0 unspecified atom stereocenters. The van der Waals surface area contributed by atoms with Gasteiger partial charge in [-0.05, 0) is 55.8 Å². The van der Waals surface area contributed by atoms with Crippen LogP contribution in [-0.4, -0.2) is 59.1 Å². The first-order valence-corrected chi connectivity index (χ1v) is 10.7. The number of amides is 3. The van der Waals surface area contributed by atoms with E-state index in [1.807, 2.05) is 6.07 Å². The molecule has 0 aliphatic carbocycles. The van der Waals surface area contributed by atoms with Gasteiger partial charge in [-0.1, -0.05) is 36.2 Å². The fourth-order valence-corrected chi connectivity index (χ4v) is 4.41. The molecule has 0 aromatic heterocycles. The molecule has 2 heterocycles. The van der Waals surface area contributed by atoms with E-state index in [0.717, 1.165) is 36.0 Å². The highest BCUT2D eigenvalue weighted by Crippen LogP contribution is 2.33. The van der Waals surface area contributed by atoms with Crippen LogP contribution in [0, 0.1) is 0 Å². The Hall–Kier alpha value is -1.83. The molecule has 2 saturated heterocycles. The number of nitrogens with one attached hydrogen (secondary N) is 1. The lowest BCUT2D eigenvalue weighted by Gasteiger charge is -2.32. The third-order valence-electron chi connectivity index (χ3n) is 5.01. The van der Waals surface area contributed by atoms with Crippen molar-refractivity contribution in [1.29, 1.82) is 0 Å². The molecule has 2 aliphatic heterocycles.